The average molecular weight is 257 g/mol. The molecule has 0 aliphatic carbocycles. The summed E-state index contributed by atoms with van der Waals surface area (Å²) in [6.45, 7) is 6.08. The lowest BCUT2D eigenvalue weighted by molar-refractivity contribution is 0.281. The van der Waals surface area contributed by atoms with Crippen molar-refractivity contribution >= 4 is 10.0 Å². The van der Waals surface area contributed by atoms with Gasteiger partial charge in [-0.05, 0) is 23.1 Å². The molecule has 0 aliphatic heterocycles. The molecule has 0 heterocycles. The third-order valence-electron chi connectivity index (χ3n) is 2.18. The first-order valence-corrected chi connectivity index (χ1v) is 6.92. The van der Waals surface area contributed by atoms with Gasteiger partial charge in [-0.25, -0.2) is 13.1 Å². The molecule has 0 saturated carbocycles. The van der Waals surface area contributed by atoms with Gasteiger partial charge in [0.1, 0.15) is 0 Å². The zero-order valence-electron chi connectivity index (χ0n) is 10.4. The second-order valence-corrected chi connectivity index (χ2v) is 6.96. The second-order valence-electron chi connectivity index (χ2n) is 5.19. The highest BCUT2D eigenvalue weighted by Gasteiger charge is 2.18. The molecule has 0 aromatic heterocycles. The summed E-state index contributed by atoms with van der Waals surface area (Å²) in [6, 6.07) is 6.30. The Bertz CT molecular complexity index is 475. The number of nitrogens with one attached hydrogen (secondary N) is 1. The summed E-state index contributed by atoms with van der Waals surface area (Å²) in [7, 11) is -3.49. The smallest absolute Gasteiger partial charge is 0.240 e. The van der Waals surface area contributed by atoms with Crippen molar-refractivity contribution in [1.82, 2.24) is 4.72 Å². The maximum atomic E-state index is 12.0. The Kier molecular flexibility index (Phi) is 4.30. The maximum Gasteiger partial charge on any atom is 0.240 e. The van der Waals surface area contributed by atoms with Crippen LogP contribution >= 0.6 is 0 Å². The number of benzene rings is 1. The summed E-state index contributed by atoms with van der Waals surface area (Å²) in [4.78, 5) is 0.188. The molecule has 2 N–H and O–H groups in total. The first kappa shape index (κ1) is 14.2. The van der Waals surface area contributed by atoms with Crippen LogP contribution in [0.2, 0.25) is 0 Å². The Balaban J connectivity index is 2.89. The van der Waals surface area contributed by atoms with Crippen molar-refractivity contribution in [2.24, 2.45) is 5.41 Å². The van der Waals surface area contributed by atoms with Gasteiger partial charge in [0.05, 0.1) is 11.5 Å². The van der Waals surface area contributed by atoms with Crippen molar-refractivity contribution in [3.8, 4) is 0 Å². The van der Waals surface area contributed by atoms with E-state index in [1.165, 1.54) is 12.1 Å². The Labute approximate surface area is 103 Å². The summed E-state index contributed by atoms with van der Waals surface area (Å²) in [6.07, 6.45) is 0. The normalized spacial score (nSPS) is 12.7. The predicted octanol–water partition coefficient (Wildman–Crippen LogP) is 1.50. The van der Waals surface area contributed by atoms with Crippen LogP contribution in [0, 0.1) is 5.41 Å². The molecule has 5 heteroatoms. The molecule has 4 nitrogen and oxygen atoms in total. The molecule has 0 saturated heterocycles. The molecule has 0 atom stereocenters. The Morgan fingerprint density at radius 2 is 1.94 bits per heavy atom. The van der Waals surface area contributed by atoms with Gasteiger partial charge in [0.15, 0.2) is 0 Å². The lowest BCUT2D eigenvalue weighted by Crippen LogP contribution is -2.32. The van der Waals surface area contributed by atoms with Crippen molar-refractivity contribution in [2.75, 3.05) is 6.54 Å². The summed E-state index contributed by atoms with van der Waals surface area (Å²) >= 11 is 0. The van der Waals surface area contributed by atoms with Crippen molar-refractivity contribution in [2.45, 2.75) is 32.3 Å². The number of hydrogen-bond acceptors (Lipinski definition) is 3. The van der Waals surface area contributed by atoms with Crippen LogP contribution in [-0.2, 0) is 16.6 Å². The fourth-order valence-corrected chi connectivity index (χ4v) is 2.56. The van der Waals surface area contributed by atoms with Crippen LogP contribution in [0.4, 0.5) is 0 Å². The number of aliphatic hydroxyl groups is 1. The Hall–Kier alpha value is -0.910. The third kappa shape index (κ3) is 4.46. The van der Waals surface area contributed by atoms with E-state index >= 15 is 0 Å². The van der Waals surface area contributed by atoms with Gasteiger partial charge >= 0.3 is 0 Å². The third-order valence-corrected chi connectivity index (χ3v) is 3.58. The van der Waals surface area contributed by atoms with E-state index in [4.69, 9.17) is 5.11 Å². The van der Waals surface area contributed by atoms with Crippen LogP contribution in [0.15, 0.2) is 29.2 Å². The van der Waals surface area contributed by atoms with E-state index in [0.29, 0.717) is 12.1 Å². The molecule has 0 unspecified atom stereocenters. The van der Waals surface area contributed by atoms with Crippen LogP contribution < -0.4 is 4.72 Å². The van der Waals surface area contributed by atoms with E-state index in [0.717, 1.165) is 0 Å². The van der Waals surface area contributed by atoms with Gasteiger partial charge in [-0.3, -0.25) is 0 Å². The minimum Gasteiger partial charge on any atom is -0.392 e. The van der Waals surface area contributed by atoms with Gasteiger partial charge in [-0.2, -0.15) is 0 Å². The first-order valence-electron chi connectivity index (χ1n) is 5.44. The van der Waals surface area contributed by atoms with Crippen molar-refractivity contribution in [3.05, 3.63) is 29.8 Å². The van der Waals surface area contributed by atoms with E-state index < -0.39 is 10.0 Å². The van der Waals surface area contributed by atoms with Crippen molar-refractivity contribution in [1.29, 1.82) is 0 Å². The van der Waals surface area contributed by atoms with E-state index in [1.54, 1.807) is 12.1 Å². The van der Waals surface area contributed by atoms with Crippen LogP contribution in [0.25, 0.3) is 0 Å². The molecule has 0 bridgehead atoms. The van der Waals surface area contributed by atoms with Gasteiger partial charge in [0, 0.05) is 6.54 Å². The van der Waals surface area contributed by atoms with Crippen molar-refractivity contribution in [3.63, 3.8) is 0 Å². The molecule has 1 aromatic rings. The zero-order valence-corrected chi connectivity index (χ0v) is 11.2. The van der Waals surface area contributed by atoms with E-state index in [2.05, 4.69) is 4.72 Å². The molecule has 1 aromatic carbocycles. The second kappa shape index (κ2) is 5.16. The SMILES string of the molecule is CC(C)(C)CNS(=O)(=O)c1cccc(CO)c1. The molecular formula is C12H19NO3S. The van der Waals surface area contributed by atoms with Crippen molar-refractivity contribution < 1.29 is 13.5 Å². The largest absolute Gasteiger partial charge is 0.392 e. The van der Waals surface area contributed by atoms with Crippen LogP contribution in [-0.4, -0.2) is 20.1 Å². The summed E-state index contributed by atoms with van der Waals surface area (Å²) < 4.78 is 26.5. The van der Waals surface area contributed by atoms with E-state index in [1.807, 2.05) is 20.8 Å². The topological polar surface area (TPSA) is 66.4 Å². The van der Waals surface area contributed by atoms with Gasteiger partial charge < -0.3 is 5.11 Å². The minimum absolute atomic E-state index is 0.109. The molecule has 1 rings (SSSR count). The van der Waals surface area contributed by atoms with Crippen LogP contribution in [0.3, 0.4) is 0 Å². The number of rotatable bonds is 4. The highest BCUT2D eigenvalue weighted by Crippen LogP contribution is 2.15. The minimum atomic E-state index is -3.49. The standard InChI is InChI=1S/C12H19NO3S/c1-12(2,3)9-13-17(15,16)11-6-4-5-10(7-11)8-14/h4-7,13-14H,8-9H2,1-3H3. The lowest BCUT2D eigenvalue weighted by atomic mass is 9.98. The molecule has 0 aliphatic rings. The quantitative estimate of drug-likeness (QED) is 0.859. The Morgan fingerprint density at radius 1 is 1.29 bits per heavy atom. The predicted molar refractivity (Wildman–Crippen MR) is 67.0 cm³/mol. The van der Waals surface area contributed by atoms with Gasteiger partial charge in [0.2, 0.25) is 10.0 Å². The zero-order chi connectivity index (χ0) is 13.1. The fourth-order valence-electron chi connectivity index (χ4n) is 1.21. The molecule has 0 fully saturated rings. The van der Waals surface area contributed by atoms with E-state index in [-0.39, 0.29) is 16.9 Å². The Morgan fingerprint density at radius 3 is 2.47 bits per heavy atom. The molecule has 96 valence electrons. The number of sulfonamides is 1. The highest BCUT2D eigenvalue weighted by molar-refractivity contribution is 7.89. The molecule has 17 heavy (non-hydrogen) atoms. The lowest BCUT2D eigenvalue weighted by Gasteiger charge is -2.18. The summed E-state index contributed by atoms with van der Waals surface area (Å²) in [5, 5.41) is 8.97. The van der Waals surface area contributed by atoms with Gasteiger partial charge in [-0.15, -0.1) is 0 Å². The first-order chi connectivity index (χ1) is 7.74. The fraction of sp³-hybridized carbons (Fsp3) is 0.500. The van der Waals surface area contributed by atoms with Gasteiger partial charge in [0.25, 0.3) is 0 Å². The van der Waals surface area contributed by atoms with Crippen LogP contribution in [0.1, 0.15) is 26.3 Å². The average Bonchev–Trinajstić information content (AvgIpc) is 2.26. The monoisotopic (exact) mass is 257 g/mol. The molecular weight excluding hydrogens is 238 g/mol. The number of hydrogen-bond donors (Lipinski definition) is 2. The molecule has 0 spiro atoms. The summed E-state index contributed by atoms with van der Waals surface area (Å²) in [5.41, 5.74) is 0.477. The molecule has 0 amide bonds. The van der Waals surface area contributed by atoms with Crippen LogP contribution in [0.5, 0.6) is 0 Å². The maximum absolute atomic E-state index is 12.0. The highest BCUT2D eigenvalue weighted by atomic mass is 32.2. The number of aliphatic hydroxyl groups excluding tert-OH is 1. The molecule has 0 radical (unpaired) electrons. The van der Waals surface area contributed by atoms with E-state index in [9.17, 15) is 8.42 Å². The summed E-state index contributed by atoms with van der Waals surface area (Å²) in [5.74, 6) is 0. The van der Waals surface area contributed by atoms with Gasteiger partial charge in [-0.1, -0.05) is 32.9 Å².